The van der Waals surface area contributed by atoms with Crippen LogP contribution in [-0.2, 0) is 5.88 Å². The molecule has 0 saturated heterocycles. The standard InChI is InChI=1S/C9H8ClN3/c10-6-8-2-1-3-12-9(8)13-5-4-11-7-13/h1-5,7H,6H2. The van der Waals surface area contributed by atoms with E-state index in [0.29, 0.717) is 5.88 Å². The monoisotopic (exact) mass is 193 g/mol. The second kappa shape index (κ2) is 3.58. The van der Waals surface area contributed by atoms with Crippen LogP contribution in [0.1, 0.15) is 5.56 Å². The normalized spacial score (nSPS) is 10.2. The van der Waals surface area contributed by atoms with Crippen LogP contribution in [0.15, 0.2) is 37.1 Å². The predicted octanol–water partition coefficient (Wildman–Crippen LogP) is 2.01. The van der Waals surface area contributed by atoms with Gasteiger partial charge in [-0.15, -0.1) is 11.6 Å². The number of hydrogen-bond acceptors (Lipinski definition) is 2. The van der Waals surface area contributed by atoms with Crippen molar-refractivity contribution in [3.8, 4) is 5.82 Å². The van der Waals surface area contributed by atoms with Gasteiger partial charge in [-0.25, -0.2) is 9.97 Å². The summed E-state index contributed by atoms with van der Waals surface area (Å²) in [6, 6.07) is 3.83. The Bertz CT molecular complexity index is 384. The Kier molecular flexibility index (Phi) is 2.27. The molecule has 2 aromatic heterocycles. The van der Waals surface area contributed by atoms with Gasteiger partial charge in [0.25, 0.3) is 0 Å². The van der Waals surface area contributed by atoms with Crippen molar-refractivity contribution >= 4 is 11.6 Å². The predicted molar refractivity (Wildman–Crippen MR) is 50.9 cm³/mol. The average molecular weight is 194 g/mol. The third-order valence-corrected chi connectivity index (χ3v) is 2.05. The van der Waals surface area contributed by atoms with E-state index in [1.165, 1.54) is 0 Å². The summed E-state index contributed by atoms with van der Waals surface area (Å²) in [5, 5.41) is 0. The average Bonchev–Trinajstić information content (AvgIpc) is 2.70. The molecule has 0 aromatic carbocycles. The maximum absolute atomic E-state index is 5.78. The molecule has 0 bridgehead atoms. The maximum atomic E-state index is 5.78. The lowest BCUT2D eigenvalue weighted by Gasteiger charge is -2.04. The molecule has 2 rings (SSSR count). The number of pyridine rings is 1. The fourth-order valence-electron chi connectivity index (χ4n) is 1.15. The molecule has 3 nitrogen and oxygen atoms in total. The minimum absolute atomic E-state index is 0.460. The maximum Gasteiger partial charge on any atom is 0.142 e. The highest BCUT2D eigenvalue weighted by atomic mass is 35.5. The van der Waals surface area contributed by atoms with Crippen molar-refractivity contribution in [2.24, 2.45) is 0 Å². The number of halogens is 1. The van der Waals surface area contributed by atoms with Crippen LogP contribution in [0.2, 0.25) is 0 Å². The highest BCUT2D eigenvalue weighted by Crippen LogP contribution is 2.12. The van der Waals surface area contributed by atoms with E-state index >= 15 is 0 Å². The number of nitrogens with zero attached hydrogens (tertiary/aromatic N) is 3. The first-order valence-electron chi connectivity index (χ1n) is 3.90. The first-order chi connectivity index (χ1) is 6.42. The molecule has 0 unspecified atom stereocenters. The van der Waals surface area contributed by atoms with E-state index in [9.17, 15) is 0 Å². The smallest absolute Gasteiger partial charge is 0.142 e. The van der Waals surface area contributed by atoms with Gasteiger partial charge in [-0.1, -0.05) is 6.07 Å². The first kappa shape index (κ1) is 8.26. The molecular weight excluding hydrogens is 186 g/mol. The van der Waals surface area contributed by atoms with E-state index < -0.39 is 0 Å². The van der Waals surface area contributed by atoms with Crippen molar-refractivity contribution in [2.75, 3.05) is 0 Å². The van der Waals surface area contributed by atoms with Crippen LogP contribution in [0.25, 0.3) is 5.82 Å². The summed E-state index contributed by atoms with van der Waals surface area (Å²) in [5.74, 6) is 1.30. The molecule has 66 valence electrons. The number of rotatable bonds is 2. The Morgan fingerprint density at radius 2 is 2.31 bits per heavy atom. The molecule has 0 amide bonds. The van der Waals surface area contributed by atoms with Gasteiger partial charge in [-0.05, 0) is 6.07 Å². The van der Waals surface area contributed by atoms with Gasteiger partial charge in [-0.2, -0.15) is 0 Å². The number of alkyl halides is 1. The summed E-state index contributed by atoms with van der Waals surface area (Å²) in [7, 11) is 0. The third-order valence-electron chi connectivity index (χ3n) is 1.76. The fourth-order valence-corrected chi connectivity index (χ4v) is 1.36. The molecule has 13 heavy (non-hydrogen) atoms. The van der Waals surface area contributed by atoms with E-state index in [-0.39, 0.29) is 0 Å². The zero-order valence-electron chi connectivity index (χ0n) is 6.89. The van der Waals surface area contributed by atoms with Crippen LogP contribution in [0.5, 0.6) is 0 Å². The van der Waals surface area contributed by atoms with Gasteiger partial charge in [0.1, 0.15) is 12.1 Å². The van der Waals surface area contributed by atoms with Gasteiger partial charge >= 0.3 is 0 Å². The molecule has 0 aliphatic carbocycles. The Labute approximate surface area is 81.0 Å². The zero-order valence-corrected chi connectivity index (χ0v) is 7.65. The molecule has 0 atom stereocenters. The van der Waals surface area contributed by atoms with Gasteiger partial charge in [0, 0.05) is 24.2 Å². The van der Waals surface area contributed by atoms with Crippen molar-refractivity contribution in [2.45, 2.75) is 5.88 Å². The van der Waals surface area contributed by atoms with Crippen LogP contribution in [0.3, 0.4) is 0 Å². The SMILES string of the molecule is ClCc1cccnc1-n1ccnc1. The van der Waals surface area contributed by atoms with Gasteiger partial charge in [0.05, 0.1) is 5.88 Å². The molecule has 4 heteroatoms. The van der Waals surface area contributed by atoms with E-state index in [2.05, 4.69) is 9.97 Å². The Morgan fingerprint density at radius 3 is 3.00 bits per heavy atom. The molecule has 0 aliphatic rings. The summed E-state index contributed by atoms with van der Waals surface area (Å²) >= 11 is 5.78. The number of hydrogen-bond donors (Lipinski definition) is 0. The molecule has 0 fully saturated rings. The van der Waals surface area contributed by atoms with E-state index in [0.717, 1.165) is 11.4 Å². The molecular formula is C9H8ClN3. The lowest BCUT2D eigenvalue weighted by Crippen LogP contribution is -1.98. The quantitative estimate of drug-likeness (QED) is 0.684. The third kappa shape index (κ3) is 1.55. The summed E-state index contributed by atoms with van der Waals surface area (Å²) in [4.78, 5) is 8.18. The van der Waals surface area contributed by atoms with Crippen molar-refractivity contribution in [1.29, 1.82) is 0 Å². The highest BCUT2D eigenvalue weighted by molar-refractivity contribution is 6.17. The van der Waals surface area contributed by atoms with E-state index in [1.54, 1.807) is 18.7 Å². The fraction of sp³-hybridized carbons (Fsp3) is 0.111. The Hall–Kier alpha value is -1.35. The largest absolute Gasteiger partial charge is 0.290 e. The van der Waals surface area contributed by atoms with Crippen LogP contribution in [-0.4, -0.2) is 14.5 Å². The molecule has 0 spiro atoms. The van der Waals surface area contributed by atoms with Crippen molar-refractivity contribution < 1.29 is 0 Å². The lowest BCUT2D eigenvalue weighted by atomic mass is 10.3. The second-order valence-electron chi connectivity index (χ2n) is 2.59. The lowest BCUT2D eigenvalue weighted by molar-refractivity contribution is 0.971. The van der Waals surface area contributed by atoms with Crippen LogP contribution >= 0.6 is 11.6 Å². The first-order valence-corrected chi connectivity index (χ1v) is 4.43. The van der Waals surface area contributed by atoms with Crippen molar-refractivity contribution in [1.82, 2.24) is 14.5 Å². The van der Waals surface area contributed by atoms with Crippen LogP contribution in [0.4, 0.5) is 0 Å². The van der Waals surface area contributed by atoms with Crippen molar-refractivity contribution in [3.05, 3.63) is 42.6 Å². The minimum atomic E-state index is 0.460. The minimum Gasteiger partial charge on any atom is -0.290 e. The Balaban J connectivity index is 2.51. The Morgan fingerprint density at radius 1 is 1.38 bits per heavy atom. The van der Waals surface area contributed by atoms with Gasteiger partial charge in [0.15, 0.2) is 0 Å². The van der Waals surface area contributed by atoms with Gasteiger partial charge in [-0.3, -0.25) is 4.57 Å². The highest BCUT2D eigenvalue weighted by Gasteiger charge is 2.02. The van der Waals surface area contributed by atoms with E-state index in [4.69, 9.17) is 11.6 Å². The molecule has 0 aliphatic heterocycles. The van der Waals surface area contributed by atoms with Crippen molar-refractivity contribution in [3.63, 3.8) is 0 Å². The number of aromatic nitrogens is 3. The zero-order chi connectivity index (χ0) is 9.10. The summed E-state index contributed by atoms with van der Waals surface area (Å²) in [6.07, 6.45) is 7.01. The molecule has 0 N–H and O–H groups in total. The van der Waals surface area contributed by atoms with Crippen LogP contribution < -0.4 is 0 Å². The topological polar surface area (TPSA) is 30.7 Å². The molecule has 2 aromatic rings. The summed E-state index contributed by atoms with van der Waals surface area (Å²) in [5.41, 5.74) is 1.00. The van der Waals surface area contributed by atoms with Gasteiger partial charge < -0.3 is 0 Å². The summed E-state index contributed by atoms with van der Waals surface area (Å²) < 4.78 is 1.84. The molecule has 2 heterocycles. The van der Waals surface area contributed by atoms with Crippen LogP contribution in [0, 0.1) is 0 Å². The molecule has 0 saturated carbocycles. The summed E-state index contributed by atoms with van der Waals surface area (Å²) in [6.45, 7) is 0. The molecule has 0 radical (unpaired) electrons. The van der Waals surface area contributed by atoms with Gasteiger partial charge in [0.2, 0.25) is 0 Å². The number of imidazole rings is 1. The second-order valence-corrected chi connectivity index (χ2v) is 2.86. The van der Waals surface area contributed by atoms with E-state index in [1.807, 2.05) is 22.9 Å².